The molecular formula is C24H18N2O. The van der Waals surface area contributed by atoms with Crippen LogP contribution in [0.3, 0.4) is 0 Å². The van der Waals surface area contributed by atoms with Crippen molar-refractivity contribution >= 4 is 11.6 Å². The minimum Gasteiger partial charge on any atom is -0.269 e. The van der Waals surface area contributed by atoms with E-state index in [0.29, 0.717) is 5.82 Å². The van der Waals surface area contributed by atoms with E-state index in [4.69, 9.17) is 0 Å². The highest BCUT2D eigenvalue weighted by molar-refractivity contribution is 5.90. The van der Waals surface area contributed by atoms with Gasteiger partial charge in [0, 0.05) is 17.8 Å². The van der Waals surface area contributed by atoms with Crippen molar-refractivity contribution in [3.8, 4) is 5.82 Å². The summed E-state index contributed by atoms with van der Waals surface area (Å²) in [4.78, 5) is 17.1. The zero-order chi connectivity index (χ0) is 18.5. The van der Waals surface area contributed by atoms with Crippen LogP contribution in [-0.2, 0) is 0 Å². The molecule has 2 aromatic heterocycles. The molecule has 0 radical (unpaired) electrons. The lowest BCUT2D eigenvalue weighted by Gasteiger charge is -2.15. The van der Waals surface area contributed by atoms with Crippen LogP contribution in [0.25, 0.3) is 17.5 Å². The Labute approximate surface area is 157 Å². The first kappa shape index (κ1) is 16.7. The van der Waals surface area contributed by atoms with Gasteiger partial charge in [-0.05, 0) is 35.4 Å². The Balaban J connectivity index is 1.99. The van der Waals surface area contributed by atoms with Crippen LogP contribution in [0, 0.1) is 0 Å². The van der Waals surface area contributed by atoms with Crippen molar-refractivity contribution in [3.63, 3.8) is 0 Å². The van der Waals surface area contributed by atoms with Crippen molar-refractivity contribution in [2.75, 3.05) is 0 Å². The van der Waals surface area contributed by atoms with E-state index in [1.807, 2.05) is 60.7 Å². The normalized spacial score (nSPS) is 11.3. The molecule has 0 saturated carbocycles. The Morgan fingerprint density at radius 2 is 1.44 bits per heavy atom. The zero-order valence-electron chi connectivity index (χ0n) is 14.7. The van der Waals surface area contributed by atoms with E-state index in [0.717, 1.165) is 22.4 Å². The highest BCUT2D eigenvalue weighted by atomic mass is 16.1. The average molecular weight is 350 g/mol. The Hall–Kier alpha value is -3.72. The molecule has 4 rings (SSSR count). The molecule has 0 saturated heterocycles. The molecule has 0 atom stereocenters. The monoisotopic (exact) mass is 350 g/mol. The molecule has 0 spiro atoms. The predicted octanol–water partition coefficient (Wildman–Crippen LogP) is 4.82. The summed E-state index contributed by atoms with van der Waals surface area (Å²) in [7, 11) is 0. The van der Waals surface area contributed by atoms with E-state index in [1.165, 1.54) is 0 Å². The molecule has 0 aliphatic rings. The molecule has 0 unspecified atom stereocenters. The van der Waals surface area contributed by atoms with Crippen LogP contribution in [0.2, 0.25) is 0 Å². The molecule has 4 aromatic rings. The van der Waals surface area contributed by atoms with Crippen molar-refractivity contribution in [1.29, 1.82) is 0 Å². The maximum atomic E-state index is 12.7. The lowest BCUT2D eigenvalue weighted by atomic mass is 9.99. The quantitative estimate of drug-likeness (QED) is 0.495. The number of hydrogen-bond donors (Lipinski definition) is 0. The van der Waals surface area contributed by atoms with E-state index < -0.39 is 0 Å². The first-order chi connectivity index (χ1) is 13.3. The molecule has 2 aromatic carbocycles. The van der Waals surface area contributed by atoms with Crippen molar-refractivity contribution in [2.24, 2.45) is 0 Å². The van der Waals surface area contributed by atoms with Crippen LogP contribution in [0.5, 0.6) is 0 Å². The van der Waals surface area contributed by atoms with Crippen molar-refractivity contribution in [1.82, 2.24) is 9.55 Å². The van der Waals surface area contributed by atoms with Crippen LogP contribution in [0.1, 0.15) is 16.8 Å². The first-order valence-electron chi connectivity index (χ1n) is 8.79. The number of aromatic nitrogens is 2. The van der Waals surface area contributed by atoms with Gasteiger partial charge in [0.05, 0.1) is 5.69 Å². The lowest BCUT2D eigenvalue weighted by molar-refractivity contribution is 0.923. The van der Waals surface area contributed by atoms with E-state index in [-0.39, 0.29) is 5.56 Å². The predicted molar refractivity (Wildman–Crippen MR) is 110 cm³/mol. The maximum Gasteiger partial charge on any atom is 0.256 e. The summed E-state index contributed by atoms with van der Waals surface area (Å²) in [6, 6.07) is 31.1. The third kappa shape index (κ3) is 3.62. The van der Waals surface area contributed by atoms with Crippen LogP contribution in [0.15, 0.2) is 108 Å². The van der Waals surface area contributed by atoms with Crippen LogP contribution in [-0.4, -0.2) is 9.55 Å². The molecule has 0 amide bonds. The van der Waals surface area contributed by atoms with Gasteiger partial charge in [0.1, 0.15) is 5.82 Å². The van der Waals surface area contributed by atoms with Gasteiger partial charge in [0.2, 0.25) is 0 Å². The molecule has 27 heavy (non-hydrogen) atoms. The molecule has 0 fully saturated rings. The van der Waals surface area contributed by atoms with Gasteiger partial charge in [-0.3, -0.25) is 9.36 Å². The molecule has 3 nitrogen and oxygen atoms in total. The topological polar surface area (TPSA) is 34.9 Å². The summed E-state index contributed by atoms with van der Waals surface area (Å²) in [6.07, 6.45) is 3.80. The van der Waals surface area contributed by atoms with E-state index in [1.54, 1.807) is 22.9 Å². The number of pyridine rings is 2. The second-order valence-corrected chi connectivity index (χ2v) is 6.11. The van der Waals surface area contributed by atoms with Crippen LogP contribution < -0.4 is 5.56 Å². The largest absolute Gasteiger partial charge is 0.269 e. The van der Waals surface area contributed by atoms with Gasteiger partial charge < -0.3 is 0 Å². The Morgan fingerprint density at radius 3 is 2.15 bits per heavy atom. The Kier molecular flexibility index (Phi) is 4.75. The van der Waals surface area contributed by atoms with Crippen molar-refractivity contribution in [2.45, 2.75) is 0 Å². The fourth-order valence-corrected chi connectivity index (χ4v) is 3.06. The third-order valence-corrected chi connectivity index (χ3v) is 4.30. The van der Waals surface area contributed by atoms with E-state index in [2.05, 4.69) is 35.3 Å². The highest BCUT2D eigenvalue weighted by Gasteiger charge is 2.13. The number of nitrogens with zero attached hydrogens (tertiary/aromatic N) is 2. The van der Waals surface area contributed by atoms with E-state index in [9.17, 15) is 4.79 Å². The van der Waals surface area contributed by atoms with Gasteiger partial charge in [0.15, 0.2) is 0 Å². The SMILES string of the molecule is O=c1cccc(/C(=C/c2ccccc2)c2ccccc2)n1-c1ccccn1. The van der Waals surface area contributed by atoms with Crippen LogP contribution >= 0.6 is 0 Å². The molecule has 2 heterocycles. The number of rotatable bonds is 4. The van der Waals surface area contributed by atoms with Crippen molar-refractivity contribution < 1.29 is 0 Å². The molecule has 0 aliphatic carbocycles. The maximum absolute atomic E-state index is 12.7. The van der Waals surface area contributed by atoms with E-state index >= 15 is 0 Å². The molecule has 3 heteroatoms. The summed E-state index contributed by atoms with van der Waals surface area (Å²) in [5, 5.41) is 0. The summed E-state index contributed by atoms with van der Waals surface area (Å²) < 4.78 is 1.65. The van der Waals surface area contributed by atoms with Gasteiger partial charge >= 0.3 is 0 Å². The van der Waals surface area contributed by atoms with Crippen LogP contribution in [0.4, 0.5) is 0 Å². The summed E-state index contributed by atoms with van der Waals surface area (Å²) in [6.45, 7) is 0. The van der Waals surface area contributed by atoms with Gasteiger partial charge in [-0.15, -0.1) is 0 Å². The van der Waals surface area contributed by atoms with Gasteiger partial charge in [-0.25, -0.2) is 4.98 Å². The van der Waals surface area contributed by atoms with Gasteiger partial charge in [-0.1, -0.05) is 72.8 Å². The lowest BCUT2D eigenvalue weighted by Crippen LogP contribution is -2.21. The third-order valence-electron chi connectivity index (χ3n) is 4.30. The van der Waals surface area contributed by atoms with Gasteiger partial charge in [0.25, 0.3) is 5.56 Å². The summed E-state index contributed by atoms with van der Waals surface area (Å²) >= 11 is 0. The molecule has 0 N–H and O–H groups in total. The minimum atomic E-state index is -0.110. The highest BCUT2D eigenvalue weighted by Crippen LogP contribution is 2.26. The standard InChI is InChI=1S/C24H18N2O/c27-24-16-9-14-22(26(24)23-15-7-8-17-25-23)21(20-12-5-2-6-13-20)18-19-10-3-1-4-11-19/h1-18H/b21-18+. The summed E-state index contributed by atoms with van der Waals surface area (Å²) in [5.41, 5.74) is 3.76. The minimum absolute atomic E-state index is 0.110. The number of benzene rings is 2. The zero-order valence-corrected chi connectivity index (χ0v) is 14.7. The summed E-state index contributed by atoms with van der Waals surface area (Å²) in [5.74, 6) is 0.605. The molecular weight excluding hydrogens is 332 g/mol. The molecule has 0 aliphatic heterocycles. The fraction of sp³-hybridized carbons (Fsp3) is 0. The second-order valence-electron chi connectivity index (χ2n) is 6.11. The molecule has 0 bridgehead atoms. The second kappa shape index (κ2) is 7.67. The number of hydrogen-bond acceptors (Lipinski definition) is 2. The Morgan fingerprint density at radius 1 is 0.741 bits per heavy atom. The van der Waals surface area contributed by atoms with Crippen molar-refractivity contribution in [3.05, 3.63) is 130 Å². The first-order valence-corrected chi connectivity index (χ1v) is 8.79. The van der Waals surface area contributed by atoms with Gasteiger partial charge in [-0.2, -0.15) is 0 Å². The smallest absolute Gasteiger partial charge is 0.256 e. The Bertz CT molecular complexity index is 1120. The molecule has 130 valence electrons. The fourth-order valence-electron chi connectivity index (χ4n) is 3.06. The average Bonchev–Trinajstić information content (AvgIpc) is 2.74.